The van der Waals surface area contributed by atoms with Gasteiger partial charge in [0.15, 0.2) is 0 Å². The molecule has 5 nitrogen and oxygen atoms in total. The summed E-state index contributed by atoms with van der Waals surface area (Å²) in [6, 6.07) is 16.4. The molecular weight excluding hydrogens is 312 g/mol. The lowest BCUT2D eigenvalue weighted by Gasteiger charge is -2.13. The van der Waals surface area contributed by atoms with Crippen molar-refractivity contribution < 1.29 is 13.5 Å². The van der Waals surface area contributed by atoms with Gasteiger partial charge in [0.1, 0.15) is 0 Å². The third-order valence-electron chi connectivity index (χ3n) is 3.39. The van der Waals surface area contributed by atoms with Crippen molar-refractivity contribution >= 4 is 10.0 Å². The number of aliphatic hydroxyl groups is 1. The summed E-state index contributed by atoms with van der Waals surface area (Å²) < 4.78 is 26.6. The van der Waals surface area contributed by atoms with Gasteiger partial charge >= 0.3 is 0 Å². The molecule has 0 aliphatic carbocycles. The van der Waals surface area contributed by atoms with E-state index in [9.17, 15) is 13.5 Å². The first-order valence-electron chi connectivity index (χ1n) is 7.46. The van der Waals surface area contributed by atoms with Crippen LogP contribution >= 0.6 is 0 Å². The fourth-order valence-corrected chi connectivity index (χ4v) is 3.13. The van der Waals surface area contributed by atoms with Crippen LogP contribution in [0.15, 0.2) is 59.5 Å². The summed E-state index contributed by atoms with van der Waals surface area (Å²) in [7, 11) is -3.59. The van der Waals surface area contributed by atoms with Crippen LogP contribution in [0.5, 0.6) is 0 Å². The zero-order valence-electron chi connectivity index (χ0n) is 13.1. The van der Waals surface area contributed by atoms with Gasteiger partial charge in [-0.3, -0.25) is 0 Å². The minimum Gasteiger partial charge on any atom is -0.390 e. The smallest absolute Gasteiger partial charge is 0.240 e. The highest BCUT2D eigenvalue weighted by Gasteiger charge is 2.15. The molecule has 0 aliphatic rings. The molecule has 0 spiro atoms. The van der Waals surface area contributed by atoms with E-state index >= 15 is 0 Å². The van der Waals surface area contributed by atoms with Crippen LogP contribution in [0.1, 0.15) is 11.1 Å². The molecule has 1 atom stereocenters. The van der Waals surface area contributed by atoms with Gasteiger partial charge in [-0.25, -0.2) is 13.1 Å². The van der Waals surface area contributed by atoms with E-state index in [1.165, 1.54) is 0 Å². The normalized spacial score (nSPS) is 13.0. The average Bonchev–Trinajstić information content (AvgIpc) is 2.54. The highest BCUT2D eigenvalue weighted by molar-refractivity contribution is 7.89. The Morgan fingerprint density at radius 1 is 1.00 bits per heavy atom. The SMILES string of the molecule is Cc1ccc(S(=O)(=O)NCC(O)CNCc2ccccc2)cc1. The Morgan fingerprint density at radius 2 is 1.65 bits per heavy atom. The van der Waals surface area contributed by atoms with Crippen molar-refractivity contribution in [1.29, 1.82) is 0 Å². The predicted molar refractivity (Wildman–Crippen MR) is 90.5 cm³/mol. The molecule has 0 heterocycles. The standard InChI is InChI=1S/C17H22N2O3S/c1-14-7-9-17(10-8-14)23(21,22)19-13-16(20)12-18-11-15-5-3-2-4-6-15/h2-10,16,18-20H,11-13H2,1H3. The molecule has 2 aromatic rings. The Hall–Kier alpha value is -1.73. The van der Waals surface area contributed by atoms with Crippen LogP contribution in [0.2, 0.25) is 0 Å². The summed E-state index contributed by atoms with van der Waals surface area (Å²) in [6.07, 6.45) is -0.793. The van der Waals surface area contributed by atoms with Crippen molar-refractivity contribution in [1.82, 2.24) is 10.0 Å². The fraction of sp³-hybridized carbons (Fsp3) is 0.294. The Bertz CT molecular complexity index is 700. The van der Waals surface area contributed by atoms with E-state index < -0.39 is 16.1 Å². The zero-order chi connectivity index (χ0) is 16.7. The van der Waals surface area contributed by atoms with E-state index in [4.69, 9.17) is 0 Å². The molecule has 23 heavy (non-hydrogen) atoms. The molecule has 0 radical (unpaired) electrons. The molecule has 3 N–H and O–H groups in total. The lowest BCUT2D eigenvalue weighted by molar-refractivity contribution is 0.175. The molecule has 0 aromatic heterocycles. The van der Waals surface area contributed by atoms with Crippen LogP contribution < -0.4 is 10.0 Å². The van der Waals surface area contributed by atoms with Gasteiger partial charge in [-0.2, -0.15) is 0 Å². The molecule has 6 heteroatoms. The number of benzene rings is 2. The molecule has 0 bridgehead atoms. The number of rotatable bonds is 8. The van der Waals surface area contributed by atoms with Crippen molar-refractivity contribution in [2.24, 2.45) is 0 Å². The van der Waals surface area contributed by atoms with Crippen molar-refractivity contribution in [3.63, 3.8) is 0 Å². The third kappa shape index (κ3) is 5.76. The van der Waals surface area contributed by atoms with Gasteiger partial charge in [0.05, 0.1) is 11.0 Å². The van der Waals surface area contributed by atoms with Gasteiger partial charge in [0, 0.05) is 19.6 Å². The zero-order valence-corrected chi connectivity index (χ0v) is 13.9. The summed E-state index contributed by atoms with van der Waals surface area (Å²) >= 11 is 0. The van der Waals surface area contributed by atoms with E-state index in [0.717, 1.165) is 11.1 Å². The minimum atomic E-state index is -3.59. The Labute approximate surface area is 137 Å². The molecule has 0 amide bonds. The molecular formula is C17H22N2O3S. The van der Waals surface area contributed by atoms with Crippen LogP contribution in [0.3, 0.4) is 0 Å². The molecule has 124 valence electrons. The summed E-state index contributed by atoms with van der Waals surface area (Å²) in [6.45, 7) is 2.80. The maximum atomic E-state index is 12.1. The fourth-order valence-electron chi connectivity index (χ4n) is 2.06. The molecule has 0 saturated heterocycles. The first-order chi connectivity index (χ1) is 11.0. The van der Waals surface area contributed by atoms with Gasteiger partial charge in [-0.1, -0.05) is 48.0 Å². The summed E-state index contributed by atoms with van der Waals surface area (Å²) in [5.74, 6) is 0. The summed E-state index contributed by atoms with van der Waals surface area (Å²) in [4.78, 5) is 0.201. The molecule has 0 fully saturated rings. The lowest BCUT2D eigenvalue weighted by atomic mass is 10.2. The largest absolute Gasteiger partial charge is 0.390 e. The Morgan fingerprint density at radius 3 is 2.30 bits per heavy atom. The van der Waals surface area contributed by atoms with Crippen molar-refractivity contribution in [3.05, 3.63) is 65.7 Å². The highest BCUT2D eigenvalue weighted by Crippen LogP contribution is 2.09. The first kappa shape index (κ1) is 17.6. The Kier molecular flexibility index (Phi) is 6.29. The number of aliphatic hydroxyl groups excluding tert-OH is 1. The average molecular weight is 334 g/mol. The van der Waals surface area contributed by atoms with Crippen molar-refractivity contribution in [2.45, 2.75) is 24.5 Å². The highest BCUT2D eigenvalue weighted by atomic mass is 32.2. The topological polar surface area (TPSA) is 78.4 Å². The second kappa shape index (κ2) is 8.21. The Balaban J connectivity index is 1.77. The molecule has 0 saturated carbocycles. The minimum absolute atomic E-state index is 0.0298. The van der Waals surface area contributed by atoms with E-state index in [2.05, 4.69) is 10.0 Å². The third-order valence-corrected chi connectivity index (χ3v) is 4.83. The molecule has 1 unspecified atom stereocenters. The molecule has 2 aromatic carbocycles. The van der Waals surface area contributed by atoms with Crippen LogP contribution in [-0.2, 0) is 16.6 Å². The second-order valence-corrected chi connectivity index (χ2v) is 7.20. The van der Waals surface area contributed by atoms with Crippen LogP contribution in [0.25, 0.3) is 0 Å². The van der Waals surface area contributed by atoms with E-state index in [1.54, 1.807) is 24.3 Å². The van der Waals surface area contributed by atoms with E-state index in [-0.39, 0.29) is 11.4 Å². The quantitative estimate of drug-likeness (QED) is 0.682. The predicted octanol–water partition coefficient (Wildman–Crippen LogP) is 1.42. The van der Waals surface area contributed by atoms with Crippen molar-refractivity contribution in [3.8, 4) is 0 Å². The lowest BCUT2D eigenvalue weighted by Crippen LogP contribution is -2.37. The summed E-state index contributed by atoms with van der Waals surface area (Å²) in [5.41, 5.74) is 2.11. The monoisotopic (exact) mass is 334 g/mol. The first-order valence-corrected chi connectivity index (χ1v) is 8.95. The van der Waals surface area contributed by atoms with Crippen LogP contribution in [0.4, 0.5) is 0 Å². The number of sulfonamides is 1. The van der Waals surface area contributed by atoms with Gasteiger partial charge in [-0.15, -0.1) is 0 Å². The van der Waals surface area contributed by atoms with Crippen LogP contribution in [-0.4, -0.2) is 32.7 Å². The number of hydrogen-bond donors (Lipinski definition) is 3. The number of aryl methyl sites for hydroxylation is 1. The molecule has 2 rings (SSSR count). The van der Waals surface area contributed by atoms with Gasteiger partial charge < -0.3 is 10.4 Å². The summed E-state index contributed by atoms with van der Waals surface area (Å²) in [5, 5.41) is 13.0. The number of nitrogens with one attached hydrogen (secondary N) is 2. The van der Waals surface area contributed by atoms with E-state index in [1.807, 2.05) is 37.3 Å². The van der Waals surface area contributed by atoms with Gasteiger partial charge in [0.2, 0.25) is 10.0 Å². The van der Waals surface area contributed by atoms with Crippen molar-refractivity contribution in [2.75, 3.05) is 13.1 Å². The maximum Gasteiger partial charge on any atom is 0.240 e. The second-order valence-electron chi connectivity index (χ2n) is 5.44. The number of hydrogen-bond acceptors (Lipinski definition) is 4. The van der Waals surface area contributed by atoms with E-state index in [0.29, 0.717) is 13.1 Å². The van der Waals surface area contributed by atoms with Gasteiger partial charge in [0.25, 0.3) is 0 Å². The van der Waals surface area contributed by atoms with Crippen LogP contribution in [0, 0.1) is 6.92 Å². The maximum absolute atomic E-state index is 12.1. The van der Waals surface area contributed by atoms with Gasteiger partial charge in [-0.05, 0) is 24.6 Å². The molecule has 0 aliphatic heterocycles.